The summed E-state index contributed by atoms with van der Waals surface area (Å²) < 4.78 is 7.14. The Morgan fingerprint density at radius 1 is 1.50 bits per heavy atom. The van der Waals surface area contributed by atoms with E-state index in [1.807, 2.05) is 11.8 Å². The van der Waals surface area contributed by atoms with Gasteiger partial charge < -0.3 is 9.64 Å². The molecule has 0 spiro atoms. The van der Waals surface area contributed by atoms with Gasteiger partial charge in [-0.3, -0.25) is 9.20 Å². The van der Waals surface area contributed by atoms with E-state index in [0.29, 0.717) is 40.5 Å². The summed E-state index contributed by atoms with van der Waals surface area (Å²) in [4.78, 5) is 14.1. The molecule has 9 heteroatoms. The van der Waals surface area contributed by atoms with Gasteiger partial charge in [-0.25, -0.2) is 0 Å². The number of carbonyl (C=O) groups is 1. The average Bonchev–Trinajstić information content (AvgIpc) is 2.88. The predicted octanol–water partition coefficient (Wildman–Crippen LogP) is 2.38. The maximum absolute atomic E-state index is 12.2. The van der Waals surface area contributed by atoms with Crippen molar-refractivity contribution in [2.24, 2.45) is 0 Å². The third-order valence-electron chi connectivity index (χ3n) is 3.31. The van der Waals surface area contributed by atoms with Crippen LogP contribution in [0.3, 0.4) is 0 Å². The number of ether oxygens (including phenoxy) is 1. The van der Waals surface area contributed by atoms with Crippen LogP contribution in [0.5, 0.6) is 0 Å². The Morgan fingerprint density at radius 3 is 3.09 bits per heavy atom. The first-order valence-corrected chi connectivity index (χ1v) is 8.50. The zero-order valence-electron chi connectivity index (χ0n) is 11.8. The fourth-order valence-electron chi connectivity index (χ4n) is 2.26. The molecule has 3 rings (SSSR count). The topological polar surface area (TPSA) is 59.7 Å². The molecule has 3 heterocycles. The monoisotopic (exact) mass is 360 g/mol. The standard InChI is InChI=1S/C13H14Cl2N4O2S/c1-8-5-18(2-3-21-8)11(20)7-22-13-17-16-12-10(15)4-9(14)6-19(12)13/h4,6,8H,2-3,5,7H2,1H3. The third-order valence-corrected chi connectivity index (χ3v) is 4.73. The first-order valence-electron chi connectivity index (χ1n) is 6.76. The molecule has 22 heavy (non-hydrogen) atoms. The van der Waals surface area contributed by atoms with Crippen LogP contribution in [0.1, 0.15) is 6.92 Å². The number of rotatable bonds is 3. The van der Waals surface area contributed by atoms with Crippen molar-refractivity contribution < 1.29 is 9.53 Å². The van der Waals surface area contributed by atoms with Crippen LogP contribution in [0.2, 0.25) is 10.0 Å². The summed E-state index contributed by atoms with van der Waals surface area (Å²) in [5.74, 6) is 0.350. The minimum Gasteiger partial charge on any atom is -0.375 e. The number of halogens is 2. The number of hydrogen-bond donors (Lipinski definition) is 0. The Balaban J connectivity index is 1.70. The first kappa shape index (κ1) is 15.9. The van der Waals surface area contributed by atoms with Crippen LogP contribution in [0.15, 0.2) is 17.4 Å². The van der Waals surface area contributed by atoms with Gasteiger partial charge in [0.25, 0.3) is 0 Å². The second kappa shape index (κ2) is 6.62. The summed E-state index contributed by atoms with van der Waals surface area (Å²) in [7, 11) is 0. The quantitative estimate of drug-likeness (QED) is 0.786. The molecule has 1 unspecified atom stereocenters. The SMILES string of the molecule is CC1CN(C(=O)CSc2nnc3c(Cl)cc(Cl)cn23)CCO1. The Morgan fingerprint density at radius 2 is 2.32 bits per heavy atom. The van der Waals surface area contributed by atoms with E-state index in [9.17, 15) is 4.79 Å². The molecule has 1 fully saturated rings. The van der Waals surface area contributed by atoms with E-state index in [-0.39, 0.29) is 17.8 Å². The lowest BCUT2D eigenvalue weighted by Crippen LogP contribution is -2.45. The summed E-state index contributed by atoms with van der Waals surface area (Å²) in [5, 5.41) is 9.60. The Hall–Kier alpha value is -1.02. The van der Waals surface area contributed by atoms with E-state index in [4.69, 9.17) is 27.9 Å². The Labute approximate surface area is 141 Å². The van der Waals surface area contributed by atoms with Crippen LogP contribution in [0, 0.1) is 0 Å². The van der Waals surface area contributed by atoms with Gasteiger partial charge in [-0.05, 0) is 13.0 Å². The molecule has 0 aromatic carbocycles. The molecule has 0 radical (unpaired) electrons. The highest BCUT2D eigenvalue weighted by Crippen LogP contribution is 2.25. The van der Waals surface area contributed by atoms with Crippen LogP contribution < -0.4 is 0 Å². The van der Waals surface area contributed by atoms with Gasteiger partial charge in [0.05, 0.1) is 28.5 Å². The number of hydrogen-bond acceptors (Lipinski definition) is 5. The highest BCUT2D eigenvalue weighted by atomic mass is 35.5. The van der Waals surface area contributed by atoms with E-state index >= 15 is 0 Å². The first-order chi connectivity index (χ1) is 10.5. The summed E-state index contributed by atoms with van der Waals surface area (Å²) in [6.45, 7) is 3.79. The van der Waals surface area contributed by atoms with E-state index in [1.165, 1.54) is 11.8 Å². The fraction of sp³-hybridized carbons (Fsp3) is 0.462. The van der Waals surface area contributed by atoms with Crippen LogP contribution >= 0.6 is 35.0 Å². The van der Waals surface area contributed by atoms with E-state index < -0.39 is 0 Å². The summed E-state index contributed by atoms with van der Waals surface area (Å²) >= 11 is 13.4. The lowest BCUT2D eigenvalue weighted by Gasteiger charge is -2.31. The van der Waals surface area contributed by atoms with Gasteiger partial charge >= 0.3 is 0 Å². The van der Waals surface area contributed by atoms with Crippen molar-refractivity contribution in [1.82, 2.24) is 19.5 Å². The molecule has 1 amide bonds. The molecule has 1 aliphatic heterocycles. The largest absolute Gasteiger partial charge is 0.375 e. The summed E-state index contributed by atoms with van der Waals surface area (Å²) in [6.07, 6.45) is 1.76. The van der Waals surface area contributed by atoms with E-state index in [1.54, 1.807) is 16.7 Å². The van der Waals surface area contributed by atoms with Crippen molar-refractivity contribution in [1.29, 1.82) is 0 Å². The normalized spacial score (nSPS) is 18.9. The molecule has 0 bridgehead atoms. The zero-order valence-corrected chi connectivity index (χ0v) is 14.2. The summed E-state index contributed by atoms with van der Waals surface area (Å²) in [5.41, 5.74) is 0.529. The smallest absolute Gasteiger partial charge is 0.233 e. The molecule has 1 atom stereocenters. The van der Waals surface area contributed by atoms with Gasteiger partial charge in [0.2, 0.25) is 5.91 Å². The van der Waals surface area contributed by atoms with Crippen LogP contribution in [0.4, 0.5) is 0 Å². The van der Waals surface area contributed by atoms with Crippen molar-refractivity contribution >= 4 is 46.5 Å². The highest BCUT2D eigenvalue weighted by Gasteiger charge is 2.22. The lowest BCUT2D eigenvalue weighted by molar-refractivity contribution is -0.135. The van der Waals surface area contributed by atoms with Crippen molar-refractivity contribution in [2.45, 2.75) is 18.2 Å². The number of carbonyl (C=O) groups excluding carboxylic acids is 1. The van der Waals surface area contributed by atoms with Crippen LogP contribution in [-0.4, -0.2) is 57.0 Å². The third kappa shape index (κ3) is 3.32. The van der Waals surface area contributed by atoms with Gasteiger partial charge in [0, 0.05) is 19.3 Å². The molecule has 0 aliphatic carbocycles. The van der Waals surface area contributed by atoms with Crippen molar-refractivity contribution in [3.05, 3.63) is 22.3 Å². The fourth-order valence-corrected chi connectivity index (χ4v) is 3.58. The van der Waals surface area contributed by atoms with E-state index in [0.717, 1.165) is 0 Å². The molecule has 2 aromatic heterocycles. The zero-order chi connectivity index (χ0) is 15.7. The van der Waals surface area contributed by atoms with Gasteiger partial charge in [0.1, 0.15) is 0 Å². The molecule has 6 nitrogen and oxygen atoms in total. The van der Waals surface area contributed by atoms with Gasteiger partial charge in [-0.1, -0.05) is 35.0 Å². The molecule has 2 aromatic rings. The molecule has 0 saturated carbocycles. The highest BCUT2D eigenvalue weighted by molar-refractivity contribution is 7.99. The Kier molecular flexibility index (Phi) is 4.77. The maximum Gasteiger partial charge on any atom is 0.233 e. The van der Waals surface area contributed by atoms with Crippen molar-refractivity contribution in [3.63, 3.8) is 0 Å². The number of fused-ring (bicyclic) bond motifs is 1. The number of aromatic nitrogens is 3. The van der Waals surface area contributed by atoms with Gasteiger partial charge in [-0.15, -0.1) is 10.2 Å². The molecule has 118 valence electrons. The van der Waals surface area contributed by atoms with Gasteiger partial charge in [-0.2, -0.15) is 0 Å². The molecular weight excluding hydrogens is 347 g/mol. The van der Waals surface area contributed by atoms with Gasteiger partial charge in [0.15, 0.2) is 10.8 Å². The number of pyridine rings is 1. The maximum atomic E-state index is 12.2. The molecule has 1 saturated heterocycles. The second-order valence-corrected chi connectivity index (χ2v) is 6.78. The predicted molar refractivity (Wildman–Crippen MR) is 85.7 cm³/mol. The number of thioether (sulfide) groups is 1. The average molecular weight is 361 g/mol. The lowest BCUT2D eigenvalue weighted by atomic mass is 10.3. The Bertz CT molecular complexity index is 709. The van der Waals surface area contributed by atoms with Crippen LogP contribution in [0.25, 0.3) is 5.65 Å². The summed E-state index contributed by atoms with van der Waals surface area (Å²) in [6, 6.07) is 1.61. The minimum absolute atomic E-state index is 0.0602. The minimum atomic E-state index is 0.0602. The number of morpholine rings is 1. The molecular formula is C13H14Cl2N4O2S. The molecule has 1 aliphatic rings. The second-order valence-electron chi connectivity index (χ2n) is 4.99. The van der Waals surface area contributed by atoms with Crippen LogP contribution in [-0.2, 0) is 9.53 Å². The number of nitrogens with zero attached hydrogens (tertiary/aromatic N) is 4. The van der Waals surface area contributed by atoms with Crippen molar-refractivity contribution in [3.8, 4) is 0 Å². The van der Waals surface area contributed by atoms with Crippen molar-refractivity contribution in [2.75, 3.05) is 25.4 Å². The number of amides is 1. The van der Waals surface area contributed by atoms with E-state index in [2.05, 4.69) is 10.2 Å². The molecule has 0 N–H and O–H groups in total.